The van der Waals surface area contributed by atoms with Crippen LogP contribution in [0.2, 0.25) is 0 Å². The number of nitrogens with one attached hydrogen (secondary N) is 1. The molecule has 36 heavy (non-hydrogen) atoms. The van der Waals surface area contributed by atoms with E-state index in [1.165, 1.54) is 0 Å². The molecule has 1 aliphatic heterocycles. The molecule has 192 valence electrons. The molecular weight excluding hydrogens is 477 g/mol. The van der Waals surface area contributed by atoms with Gasteiger partial charge in [0.2, 0.25) is 5.91 Å². The largest absolute Gasteiger partial charge is 0.475 e. The maximum absolute atomic E-state index is 14.4. The van der Waals surface area contributed by atoms with Crippen LogP contribution in [-0.4, -0.2) is 55.7 Å². The average molecular weight is 511 g/mol. The molecular formula is C26H34BN3O5S. The zero-order chi connectivity index (χ0) is 25.9. The Kier molecular flexibility index (Phi) is 7.89. The fourth-order valence-electron chi connectivity index (χ4n) is 4.69. The normalized spacial score (nSPS) is 19.1. The van der Waals surface area contributed by atoms with E-state index in [9.17, 15) is 19.1 Å². The number of hydrogen-bond acceptors (Lipinski definition) is 6. The summed E-state index contributed by atoms with van der Waals surface area (Å²) in [6.07, 6.45) is 3.37. The number of para-hydroxylation sites is 1. The van der Waals surface area contributed by atoms with E-state index < -0.39 is 28.5 Å². The van der Waals surface area contributed by atoms with Gasteiger partial charge in [-0.25, -0.2) is 12.9 Å². The molecule has 10 heteroatoms. The van der Waals surface area contributed by atoms with E-state index in [0.29, 0.717) is 23.4 Å². The summed E-state index contributed by atoms with van der Waals surface area (Å²) in [7, 11) is -4.69. The Bertz CT molecular complexity index is 1310. The van der Waals surface area contributed by atoms with Gasteiger partial charge in [-0.2, -0.15) is 0 Å². The van der Waals surface area contributed by atoms with Crippen molar-refractivity contribution >= 4 is 33.9 Å². The highest BCUT2D eigenvalue weighted by molar-refractivity contribution is 7.91. The number of carbonyl (C=O) groups is 1. The van der Waals surface area contributed by atoms with Gasteiger partial charge in [-0.05, 0) is 63.8 Å². The van der Waals surface area contributed by atoms with Crippen LogP contribution in [0.3, 0.4) is 0 Å². The smallest absolute Gasteiger partial charge is 0.464 e. The highest BCUT2D eigenvalue weighted by Crippen LogP contribution is 2.32. The minimum absolute atomic E-state index is 0.0822. The summed E-state index contributed by atoms with van der Waals surface area (Å²) >= 11 is 0. The first-order valence-electron chi connectivity index (χ1n) is 12.3. The first-order valence-corrected chi connectivity index (χ1v) is 13.7. The lowest BCUT2D eigenvalue weighted by molar-refractivity contribution is -0.122. The van der Waals surface area contributed by atoms with Gasteiger partial charge in [0.25, 0.3) is 0 Å². The van der Waals surface area contributed by atoms with Crippen molar-refractivity contribution in [1.82, 2.24) is 9.62 Å². The molecule has 0 radical (unpaired) electrons. The lowest BCUT2D eigenvalue weighted by Crippen LogP contribution is -2.49. The van der Waals surface area contributed by atoms with Gasteiger partial charge in [0.05, 0.1) is 22.6 Å². The van der Waals surface area contributed by atoms with Gasteiger partial charge in [0.1, 0.15) is 15.5 Å². The number of hydrogen-bond donors (Lipinski definition) is 3. The van der Waals surface area contributed by atoms with E-state index in [0.717, 1.165) is 17.4 Å². The second-order valence-corrected chi connectivity index (χ2v) is 12.4. The molecule has 8 nitrogen and oxygen atoms in total. The Morgan fingerprint density at radius 1 is 1.19 bits per heavy atom. The Morgan fingerprint density at radius 2 is 1.89 bits per heavy atom. The first kappa shape index (κ1) is 26.4. The van der Waals surface area contributed by atoms with E-state index in [-0.39, 0.29) is 24.8 Å². The SMILES string of the molecule is CC(C)(C)N=S(=O)(c1ccccc1)N1CCC[C@@H]1CC(=O)N[C@@H](Cc1coc2ccccc12)B(O)O. The molecule has 3 N–H and O–H groups in total. The van der Waals surface area contributed by atoms with Crippen LogP contribution in [0.15, 0.2) is 74.5 Å². The highest BCUT2D eigenvalue weighted by atomic mass is 32.2. The van der Waals surface area contributed by atoms with Gasteiger partial charge >= 0.3 is 7.12 Å². The second kappa shape index (κ2) is 10.8. The molecule has 4 rings (SSSR count). The third-order valence-corrected chi connectivity index (χ3v) is 9.02. The molecule has 1 fully saturated rings. The molecule has 2 heterocycles. The quantitative estimate of drug-likeness (QED) is 0.400. The maximum Gasteiger partial charge on any atom is 0.475 e. The third-order valence-electron chi connectivity index (χ3n) is 6.22. The standard InChI is InChI=1S/C26H34BN3O5S/c1-26(2,3)29-36(34,21-11-5-4-6-12-21)30-15-9-10-20(30)17-25(31)28-24(27(32)33)16-19-18-35-23-14-8-7-13-22(19)23/h4-8,11-14,18,20,24,32-33H,9-10,15-17H2,1-3H3,(H,28,31)/t20-,24+,36?/m1/s1. The van der Waals surface area contributed by atoms with Crippen molar-refractivity contribution < 1.29 is 23.5 Å². The van der Waals surface area contributed by atoms with Gasteiger partial charge in [-0.15, -0.1) is 0 Å². The van der Waals surface area contributed by atoms with Crippen molar-refractivity contribution in [3.63, 3.8) is 0 Å². The van der Waals surface area contributed by atoms with Crippen LogP contribution < -0.4 is 5.32 Å². The van der Waals surface area contributed by atoms with E-state index in [2.05, 4.69) is 5.32 Å². The minimum Gasteiger partial charge on any atom is -0.464 e. The van der Waals surface area contributed by atoms with Gasteiger partial charge < -0.3 is 19.8 Å². The molecule has 0 spiro atoms. The summed E-state index contributed by atoms with van der Waals surface area (Å²) in [5, 5.41) is 23.6. The predicted octanol–water partition coefficient (Wildman–Crippen LogP) is 3.57. The zero-order valence-electron chi connectivity index (χ0n) is 21.0. The van der Waals surface area contributed by atoms with Gasteiger partial charge in [-0.1, -0.05) is 36.4 Å². The third kappa shape index (κ3) is 6.00. The van der Waals surface area contributed by atoms with Crippen molar-refractivity contribution in [3.8, 4) is 0 Å². The number of nitrogens with zero attached hydrogens (tertiary/aromatic N) is 2. The molecule has 1 unspecified atom stereocenters. The van der Waals surface area contributed by atoms with Crippen LogP contribution in [0.4, 0.5) is 0 Å². The molecule has 1 aromatic heterocycles. The van der Waals surface area contributed by atoms with E-state index in [1.807, 2.05) is 79.7 Å². The maximum atomic E-state index is 14.4. The van der Waals surface area contributed by atoms with Crippen LogP contribution >= 0.6 is 0 Å². The first-order chi connectivity index (χ1) is 17.1. The van der Waals surface area contributed by atoms with Crippen molar-refractivity contribution in [2.24, 2.45) is 4.36 Å². The van der Waals surface area contributed by atoms with E-state index in [1.54, 1.807) is 6.26 Å². The van der Waals surface area contributed by atoms with Crippen LogP contribution in [0.25, 0.3) is 11.0 Å². The van der Waals surface area contributed by atoms with E-state index >= 15 is 0 Å². The zero-order valence-corrected chi connectivity index (χ0v) is 21.8. The van der Waals surface area contributed by atoms with Gasteiger partial charge in [-0.3, -0.25) is 4.79 Å². The molecule has 0 aliphatic carbocycles. The molecule has 0 saturated carbocycles. The van der Waals surface area contributed by atoms with Crippen molar-refractivity contribution in [1.29, 1.82) is 0 Å². The van der Waals surface area contributed by atoms with Crippen molar-refractivity contribution in [3.05, 3.63) is 66.4 Å². The number of furan rings is 1. The van der Waals surface area contributed by atoms with Crippen LogP contribution in [0.5, 0.6) is 0 Å². The average Bonchev–Trinajstić information content (AvgIpc) is 3.45. The highest BCUT2D eigenvalue weighted by Gasteiger charge is 2.37. The number of fused-ring (bicyclic) bond motifs is 1. The Balaban J connectivity index is 1.52. The molecule has 1 amide bonds. The molecule has 2 aromatic carbocycles. The predicted molar refractivity (Wildman–Crippen MR) is 141 cm³/mol. The Labute approximate surface area is 213 Å². The number of amides is 1. The molecule has 3 atom stereocenters. The fourth-order valence-corrected chi connectivity index (χ4v) is 7.38. The lowest BCUT2D eigenvalue weighted by Gasteiger charge is -2.30. The second-order valence-electron chi connectivity index (χ2n) is 10.3. The topological polar surface area (TPSA) is 115 Å². The van der Waals surface area contributed by atoms with Gasteiger partial charge in [0.15, 0.2) is 0 Å². The summed E-state index contributed by atoms with van der Waals surface area (Å²) in [5.74, 6) is -1.24. The number of rotatable bonds is 8. The monoisotopic (exact) mass is 511 g/mol. The summed E-state index contributed by atoms with van der Waals surface area (Å²) in [6, 6.07) is 16.4. The van der Waals surface area contributed by atoms with Crippen molar-refractivity contribution in [2.45, 2.75) is 68.9 Å². The van der Waals surface area contributed by atoms with E-state index in [4.69, 9.17) is 8.78 Å². The van der Waals surface area contributed by atoms with Crippen LogP contribution in [0.1, 0.15) is 45.6 Å². The summed E-state index contributed by atoms with van der Waals surface area (Å²) in [6.45, 7) is 6.32. The van der Waals surface area contributed by atoms with Crippen LogP contribution in [0, 0.1) is 0 Å². The Morgan fingerprint density at radius 3 is 2.58 bits per heavy atom. The van der Waals surface area contributed by atoms with Crippen molar-refractivity contribution in [2.75, 3.05) is 6.54 Å². The van der Waals surface area contributed by atoms with Gasteiger partial charge in [0, 0.05) is 24.4 Å². The molecule has 0 bridgehead atoms. The minimum atomic E-state index is -2.94. The summed E-state index contributed by atoms with van der Waals surface area (Å²) in [4.78, 5) is 13.7. The molecule has 1 aliphatic rings. The lowest BCUT2D eigenvalue weighted by atomic mass is 9.75. The van der Waals surface area contributed by atoms with Crippen LogP contribution in [-0.2, 0) is 21.1 Å². The number of carbonyl (C=O) groups excluding carboxylic acids is 1. The molecule has 3 aromatic rings. The molecule has 1 saturated heterocycles. The summed E-state index contributed by atoms with van der Waals surface area (Å²) in [5.41, 5.74) is 0.939. The Hall–Kier alpha value is -2.66. The number of benzene rings is 2. The summed E-state index contributed by atoms with van der Waals surface area (Å²) < 4.78 is 26.6. The fraction of sp³-hybridized carbons (Fsp3) is 0.423.